The second-order valence-corrected chi connectivity index (χ2v) is 7.10. The van der Waals surface area contributed by atoms with E-state index >= 15 is 0 Å². The van der Waals surface area contributed by atoms with Gasteiger partial charge in [-0.15, -0.1) is 0 Å². The van der Waals surface area contributed by atoms with Gasteiger partial charge < -0.3 is 10.4 Å². The molecule has 0 bridgehead atoms. The van der Waals surface area contributed by atoms with E-state index < -0.39 is 6.10 Å². The minimum Gasteiger partial charge on any atom is -0.392 e. The fraction of sp³-hybridized carbons (Fsp3) is 0.471. The van der Waals surface area contributed by atoms with Gasteiger partial charge in [0.15, 0.2) is 5.65 Å². The Morgan fingerprint density at radius 3 is 2.56 bits per heavy atom. The molecule has 8 nitrogen and oxygen atoms in total. The second-order valence-electron chi connectivity index (χ2n) is 7.10. The van der Waals surface area contributed by atoms with E-state index in [1.165, 1.54) is 6.33 Å². The summed E-state index contributed by atoms with van der Waals surface area (Å²) in [5.74, 6) is 1.31. The molecule has 0 saturated carbocycles. The van der Waals surface area contributed by atoms with Crippen molar-refractivity contribution in [1.29, 1.82) is 0 Å². The Morgan fingerprint density at radius 2 is 1.88 bits per heavy atom. The van der Waals surface area contributed by atoms with Crippen molar-refractivity contribution in [3.8, 4) is 5.95 Å². The van der Waals surface area contributed by atoms with Crippen molar-refractivity contribution in [2.24, 2.45) is 11.3 Å². The third-order valence-electron chi connectivity index (χ3n) is 4.25. The van der Waals surface area contributed by atoms with Gasteiger partial charge in [-0.05, 0) is 12.0 Å². The molecule has 0 aliphatic heterocycles. The van der Waals surface area contributed by atoms with Crippen LogP contribution in [-0.2, 0) is 0 Å². The average Bonchev–Trinajstić information content (AvgIpc) is 3.04. The van der Waals surface area contributed by atoms with Crippen molar-refractivity contribution in [2.75, 3.05) is 11.9 Å². The fourth-order valence-electron chi connectivity index (χ4n) is 2.85. The number of hydrogen-bond acceptors (Lipinski definition) is 7. The van der Waals surface area contributed by atoms with Gasteiger partial charge in [-0.2, -0.15) is 9.78 Å². The van der Waals surface area contributed by atoms with Crippen molar-refractivity contribution < 1.29 is 5.11 Å². The minimum absolute atomic E-state index is 0.181. The van der Waals surface area contributed by atoms with Crippen LogP contribution in [0.15, 0.2) is 31.0 Å². The Bertz CT molecular complexity index is 845. The van der Waals surface area contributed by atoms with E-state index in [0.717, 1.165) is 5.39 Å². The summed E-state index contributed by atoms with van der Waals surface area (Å²) in [6.07, 6.45) is 6.08. The Morgan fingerprint density at radius 1 is 1.16 bits per heavy atom. The number of hydrogen-bond donors (Lipinski definition) is 2. The van der Waals surface area contributed by atoms with Crippen LogP contribution in [0.25, 0.3) is 17.0 Å². The molecular formula is C17H23N7O. The van der Waals surface area contributed by atoms with Gasteiger partial charge >= 0.3 is 0 Å². The summed E-state index contributed by atoms with van der Waals surface area (Å²) < 4.78 is 1.58. The van der Waals surface area contributed by atoms with Crippen LogP contribution in [0.3, 0.4) is 0 Å². The Kier molecular flexibility index (Phi) is 4.63. The van der Waals surface area contributed by atoms with Gasteiger partial charge in [0.1, 0.15) is 12.1 Å². The van der Waals surface area contributed by atoms with Crippen LogP contribution < -0.4 is 5.32 Å². The van der Waals surface area contributed by atoms with Crippen LogP contribution in [0.1, 0.15) is 27.7 Å². The maximum atomic E-state index is 10.4. The lowest BCUT2D eigenvalue weighted by molar-refractivity contribution is 0.0210. The van der Waals surface area contributed by atoms with E-state index in [1.807, 2.05) is 27.7 Å². The number of aliphatic hydroxyl groups excluding tert-OH is 1. The number of aliphatic hydroxyl groups is 1. The lowest BCUT2D eigenvalue weighted by Crippen LogP contribution is -2.39. The van der Waals surface area contributed by atoms with E-state index in [2.05, 4.69) is 30.4 Å². The largest absolute Gasteiger partial charge is 0.392 e. The first-order valence-electron chi connectivity index (χ1n) is 8.28. The highest BCUT2D eigenvalue weighted by molar-refractivity contribution is 5.86. The molecule has 0 amide bonds. The molecule has 0 aliphatic carbocycles. The van der Waals surface area contributed by atoms with Crippen molar-refractivity contribution in [3.05, 3.63) is 31.0 Å². The predicted octanol–water partition coefficient (Wildman–Crippen LogP) is 2.06. The molecule has 25 heavy (non-hydrogen) atoms. The van der Waals surface area contributed by atoms with Crippen LogP contribution in [0, 0.1) is 11.3 Å². The summed E-state index contributed by atoms with van der Waals surface area (Å²) in [6, 6.07) is 1.75. The molecule has 3 aromatic heterocycles. The van der Waals surface area contributed by atoms with Gasteiger partial charge in [-0.3, -0.25) is 0 Å². The molecule has 3 heterocycles. The third-order valence-corrected chi connectivity index (χ3v) is 4.25. The monoisotopic (exact) mass is 341 g/mol. The van der Waals surface area contributed by atoms with Gasteiger partial charge in [-0.25, -0.2) is 19.9 Å². The zero-order valence-corrected chi connectivity index (χ0v) is 14.9. The second kappa shape index (κ2) is 6.72. The molecule has 1 atom stereocenters. The fourth-order valence-corrected chi connectivity index (χ4v) is 2.85. The number of nitrogens with one attached hydrogen (secondary N) is 1. The number of anilines is 1. The van der Waals surface area contributed by atoms with Crippen molar-refractivity contribution in [2.45, 2.75) is 33.8 Å². The van der Waals surface area contributed by atoms with Crippen molar-refractivity contribution in [3.63, 3.8) is 0 Å². The lowest BCUT2D eigenvalue weighted by atomic mass is 9.81. The summed E-state index contributed by atoms with van der Waals surface area (Å²) in [5, 5.41) is 18.8. The van der Waals surface area contributed by atoms with Crippen LogP contribution >= 0.6 is 0 Å². The van der Waals surface area contributed by atoms with E-state index in [1.54, 1.807) is 29.3 Å². The summed E-state index contributed by atoms with van der Waals surface area (Å²) in [5.41, 5.74) is 0.329. The van der Waals surface area contributed by atoms with Gasteiger partial charge in [0, 0.05) is 24.4 Å². The molecule has 0 aromatic carbocycles. The number of rotatable bonds is 6. The lowest BCUT2D eigenvalue weighted by Gasteiger charge is -2.33. The summed E-state index contributed by atoms with van der Waals surface area (Å²) in [6.45, 7) is 8.67. The SMILES string of the molecule is CC(C)C(O)C(C)(C)CNc1ncnc2c1cnn2-c1ncccn1. The Labute approximate surface area is 146 Å². The molecular weight excluding hydrogens is 318 g/mol. The highest BCUT2D eigenvalue weighted by Gasteiger charge is 2.30. The molecule has 0 fully saturated rings. The molecule has 1 unspecified atom stereocenters. The molecule has 0 radical (unpaired) electrons. The van der Waals surface area contributed by atoms with E-state index in [4.69, 9.17) is 0 Å². The zero-order valence-electron chi connectivity index (χ0n) is 14.9. The van der Waals surface area contributed by atoms with E-state index in [9.17, 15) is 5.11 Å². The summed E-state index contributed by atoms with van der Waals surface area (Å²) in [4.78, 5) is 17.0. The normalized spacial score (nSPS) is 13.4. The van der Waals surface area contributed by atoms with Crippen LogP contribution in [0.4, 0.5) is 5.82 Å². The quantitative estimate of drug-likeness (QED) is 0.707. The van der Waals surface area contributed by atoms with Crippen molar-refractivity contribution >= 4 is 16.9 Å². The first-order chi connectivity index (χ1) is 11.9. The molecule has 0 spiro atoms. The smallest absolute Gasteiger partial charge is 0.252 e. The first-order valence-corrected chi connectivity index (χ1v) is 8.28. The molecule has 0 saturated heterocycles. The van der Waals surface area contributed by atoms with E-state index in [0.29, 0.717) is 24.0 Å². The first kappa shape index (κ1) is 17.2. The minimum atomic E-state index is -0.419. The third kappa shape index (κ3) is 3.43. The Hall–Kier alpha value is -2.61. The highest BCUT2D eigenvalue weighted by Crippen LogP contribution is 2.27. The maximum Gasteiger partial charge on any atom is 0.252 e. The summed E-state index contributed by atoms with van der Waals surface area (Å²) in [7, 11) is 0. The zero-order chi connectivity index (χ0) is 18.0. The topological polar surface area (TPSA) is 102 Å². The molecule has 0 aliphatic rings. The van der Waals surface area contributed by atoms with Gasteiger partial charge in [0.05, 0.1) is 17.7 Å². The average molecular weight is 341 g/mol. The standard InChI is InChI=1S/C17H23N7O/c1-11(2)13(25)17(3,4)9-20-14-12-8-23-24(15(12)22-10-21-14)16-18-6-5-7-19-16/h5-8,10-11,13,25H,9H2,1-4H3,(H,20,21,22). The number of aromatic nitrogens is 6. The van der Waals surface area contributed by atoms with E-state index in [-0.39, 0.29) is 11.3 Å². The van der Waals surface area contributed by atoms with Crippen LogP contribution in [0.5, 0.6) is 0 Å². The van der Waals surface area contributed by atoms with Gasteiger partial charge in [0.25, 0.3) is 5.95 Å². The number of nitrogens with zero attached hydrogens (tertiary/aromatic N) is 6. The molecule has 3 aromatic rings. The predicted molar refractivity (Wildman–Crippen MR) is 95.4 cm³/mol. The Balaban J connectivity index is 1.88. The summed E-state index contributed by atoms with van der Waals surface area (Å²) >= 11 is 0. The van der Waals surface area contributed by atoms with Crippen LogP contribution in [0.2, 0.25) is 0 Å². The molecule has 3 rings (SSSR count). The highest BCUT2D eigenvalue weighted by atomic mass is 16.3. The molecule has 8 heteroatoms. The van der Waals surface area contributed by atoms with Gasteiger partial charge in [0.2, 0.25) is 0 Å². The molecule has 2 N–H and O–H groups in total. The van der Waals surface area contributed by atoms with Crippen LogP contribution in [-0.4, -0.2) is 47.5 Å². The van der Waals surface area contributed by atoms with Crippen molar-refractivity contribution in [1.82, 2.24) is 29.7 Å². The maximum absolute atomic E-state index is 10.4. The molecule has 132 valence electrons. The number of fused-ring (bicyclic) bond motifs is 1. The van der Waals surface area contributed by atoms with Gasteiger partial charge in [-0.1, -0.05) is 27.7 Å².